The number of carbonyl (C=O) groups is 1. The lowest BCUT2D eigenvalue weighted by Crippen LogP contribution is -2.17. The highest BCUT2D eigenvalue weighted by Crippen LogP contribution is 2.36. The van der Waals surface area contributed by atoms with Crippen LogP contribution in [0, 0.1) is 11.6 Å². The zero-order chi connectivity index (χ0) is 26.9. The van der Waals surface area contributed by atoms with Crippen molar-refractivity contribution in [3.63, 3.8) is 0 Å². The fraction of sp³-hybridized carbons (Fsp3) is 0.424. The lowest BCUT2D eigenvalue weighted by molar-refractivity contribution is 0.102. The van der Waals surface area contributed by atoms with Gasteiger partial charge in [-0.15, -0.1) is 0 Å². The Bertz CT molecular complexity index is 1320. The van der Waals surface area contributed by atoms with Crippen molar-refractivity contribution in [3.8, 4) is 0 Å². The van der Waals surface area contributed by atoms with Gasteiger partial charge in [0.15, 0.2) is 0 Å². The van der Waals surface area contributed by atoms with E-state index in [9.17, 15) is 4.79 Å². The van der Waals surface area contributed by atoms with Crippen molar-refractivity contribution in [2.75, 3.05) is 10.6 Å². The number of fused-ring (bicyclic) bond motifs is 2. The van der Waals surface area contributed by atoms with Gasteiger partial charge in [0.2, 0.25) is 0 Å². The van der Waals surface area contributed by atoms with Crippen LogP contribution in [-0.4, -0.2) is 5.91 Å². The molecule has 1 atom stereocenters. The normalized spacial score (nSPS) is 17.6. The minimum Gasteiger partial charge on any atom is -0.376 e. The fourth-order valence-corrected chi connectivity index (χ4v) is 5.79. The van der Waals surface area contributed by atoms with Gasteiger partial charge < -0.3 is 10.6 Å². The number of halogens is 2. The molecule has 3 nitrogen and oxygen atoms in total. The van der Waals surface area contributed by atoms with E-state index in [0.29, 0.717) is 11.3 Å². The van der Waals surface area contributed by atoms with Gasteiger partial charge in [-0.3, -0.25) is 4.79 Å². The van der Waals surface area contributed by atoms with Crippen LogP contribution in [0.4, 0.5) is 20.2 Å². The molecule has 1 unspecified atom stereocenters. The summed E-state index contributed by atoms with van der Waals surface area (Å²) >= 11 is 0. The van der Waals surface area contributed by atoms with E-state index in [1.54, 1.807) is 24.3 Å². The number of hydrogen-bond donors (Lipinski definition) is 2. The average molecular weight is 517 g/mol. The van der Waals surface area contributed by atoms with Gasteiger partial charge in [0.05, 0.1) is 17.4 Å². The van der Waals surface area contributed by atoms with Crippen LogP contribution in [0.1, 0.15) is 104 Å². The van der Waals surface area contributed by atoms with Gasteiger partial charge in [0, 0.05) is 5.56 Å². The third kappa shape index (κ3) is 5.77. The van der Waals surface area contributed by atoms with Crippen LogP contribution in [0.2, 0.25) is 0 Å². The molecule has 2 aliphatic carbocycles. The van der Waals surface area contributed by atoms with Gasteiger partial charge >= 0.3 is 0 Å². The summed E-state index contributed by atoms with van der Waals surface area (Å²) in [6.07, 6.45) is 8.84. The van der Waals surface area contributed by atoms with Crippen molar-refractivity contribution < 1.29 is 13.6 Å². The monoisotopic (exact) mass is 516 g/mol. The highest BCUT2D eigenvalue weighted by Gasteiger charge is 2.24. The molecule has 3 aromatic rings. The van der Waals surface area contributed by atoms with Crippen LogP contribution in [0.5, 0.6) is 0 Å². The smallest absolute Gasteiger partial charge is 0.255 e. The van der Waals surface area contributed by atoms with E-state index in [1.807, 2.05) is 18.2 Å². The summed E-state index contributed by atoms with van der Waals surface area (Å²) in [7, 11) is 0. The molecule has 0 radical (unpaired) electrons. The number of nitrogens with one attached hydrogen (secondary N) is 2. The third-order valence-electron chi connectivity index (χ3n) is 8.07. The average Bonchev–Trinajstić information content (AvgIpc) is 3.22. The molecule has 0 saturated carbocycles. The Labute approximate surface area is 225 Å². The lowest BCUT2D eigenvalue weighted by atomic mass is 9.86. The summed E-state index contributed by atoms with van der Waals surface area (Å²) in [5, 5.41) is 6.19. The number of hydrogen-bond acceptors (Lipinski definition) is 2. The van der Waals surface area contributed by atoms with Crippen molar-refractivity contribution in [1.82, 2.24) is 0 Å². The second-order valence-electron chi connectivity index (χ2n) is 11.9. The Kier molecular flexibility index (Phi) is 7.56. The Hall–Kier alpha value is -3.21. The SMILES string of the molecule is CC(C)(C)c1ccc(C(=O)Nc2cc3c(cc2F)C(Nc2cc4c(cc2F)CCCCC4)CCCC3)cc1. The van der Waals surface area contributed by atoms with Crippen molar-refractivity contribution >= 4 is 17.3 Å². The number of carbonyl (C=O) groups excluding carboxylic acids is 1. The Morgan fingerprint density at radius 1 is 0.763 bits per heavy atom. The second-order valence-corrected chi connectivity index (χ2v) is 11.9. The zero-order valence-electron chi connectivity index (χ0n) is 22.7. The number of aryl methyl sites for hydroxylation is 3. The first kappa shape index (κ1) is 26.4. The maximum atomic E-state index is 15.4. The van der Waals surface area contributed by atoms with E-state index in [-0.39, 0.29) is 28.9 Å². The van der Waals surface area contributed by atoms with E-state index in [2.05, 4.69) is 31.4 Å². The second kappa shape index (κ2) is 10.9. The minimum atomic E-state index is -0.473. The molecular weight excluding hydrogens is 478 g/mol. The molecule has 2 aliphatic rings. The summed E-state index contributed by atoms with van der Waals surface area (Å²) in [5.41, 5.74) is 6.48. The molecule has 0 saturated heterocycles. The van der Waals surface area contributed by atoms with Crippen LogP contribution < -0.4 is 10.6 Å². The quantitative estimate of drug-likeness (QED) is 0.341. The predicted molar refractivity (Wildman–Crippen MR) is 151 cm³/mol. The summed E-state index contributed by atoms with van der Waals surface area (Å²) in [5.74, 6) is -1.04. The van der Waals surface area contributed by atoms with Crippen molar-refractivity contribution in [2.24, 2.45) is 0 Å². The summed E-state index contributed by atoms with van der Waals surface area (Å²) in [6.45, 7) is 6.36. The molecule has 3 aromatic carbocycles. The highest BCUT2D eigenvalue weighted by atomic mass is 19.1. The predicted octanol–water partition coefficient (Wildman–Crippen LogP) is 8.66. The van der Waals surface area contributed by atoms with Crippen molar-refractivity contribution in [1.29, 1.82) is 0 Å². The largest absolute Gasteiger partial charge is 0.376 e. The molecule has 0 aliphatic heterocycles. The Balaban J connectivity index is 1.38. The molecule has 0 bridgehead atoms. The third-order valence-corrected chi connectivity index (χ3v) is 8.07. The molecule has 0 fully saturated rings. The summed E-state index contributed by atoms with van der Waals surface area (Å²) in [4.78, 5) is 12.9. The van der Waals surface area contributed by atoms with Crippen molar-refractivity contribution in [2.45, 2.75) is 90.0 Å². The number of anilines is 2. The fourth-order valence-electron chi connectivity index (χ4n) is 5.79. The first-order chi connectivity index (χ1) is 18.2. The lowest BCUT2D eigenvalue weighted by Gasteiger charge is -2.23. The van der Waals surface area contributed by atoms with Gasteiger partial charge in [-0.05, 0) is 115 Å². The van der Waals surface area contributed by atoms with Crippen LogP contribution >= 0.6 is 0 Å². The van der Waals surface area contributed by atoms with Gasteiger partial charge in [0.1, 0.15) is 11.6 Å². The van der Waals surface area contributed by atoms with Gasteiger partial charge in [-0.2, -0.15) is 0 Å². The molecule has 200 valence electrons. The van der Waals surface area contributed by atoms with E-state index in [4.69, 9.17) is 0 Å². The first-order valence-electron chi connectivity index (χ1n) is 14.0. The van der Waals surface area contributed by atoms with Crippen molar-refractivity contribution in [3.05, 3.63) is 93.5 Å². The van der Waals surface area contributed by atoms with Crippen LogP contribution in [-0.2, 0) is 24.7 Å². The maximum Gasteiger partial charge on any atom is 0.255 e. The van der Waals surface area contributed by atoms with Gasteiger partial charge in [-0.25, -0.2) is 8.78 Å². The van der Waals surface area contributed by atoms with Crippen LogP contribution in [0.25, 0.3) is 0 Å². The van der Waals surface area contributed by atoms with E-state index in [1.165, 1.54) is 18.1 Å². The van der Waals surface area contributed by atoms with E-state index in [0.717, 1.165) is 73.6 Å². The minimum absolute atomic E-state index is 0.00991. The maximum absolute atomic E-state index is 15.4. The molecular formula is C33H38F2N2O. The number of amides is 1. The molecule has 2 N–H and O–H groups in total. The molecule has 0 heterocycles. The van der Waals surface area contributed by atoms with Crippen LogP contribution in [0.15, 0.2) is 48.5 Å². The molecule has 0 aromatic heterocycles. The molecule has 0 spiro atoms. The van der Waals surface area contributed by atoms with Gasteiger partial charge in [-0.1, -0.05) is 45.7 Å². The number of rotatable bonds is 4. The van der Waals surface area contributed by atoms with E-state index < -0.39 is 5.82 Å². The van der Waals surface area contributed by atoms with E-state index >= 15 is 8.78 Å². The zero-order valence-corrected chi connectivity index (χ0v) is 22.7. The van der Waals surface area contributed by atoms with Crippen LogP contribution in [0.3, 0.4) is 0 Å². The molecule has 5 rings (SSSR count). The molecule has 5 heteroatoms. The summed E-state index contributed by atoms with van der Waals surface area (Å²) < 4.78 is 30.4. The standard InChI is InChI=1S/C33H38F2N2O/c1-33(2,3)25-15-13-21(14-16-25)32(38)37-31-19-24-11-7-8-12-29(26(24)20-28(31)35)36-30-18-23-10-6-4-5-9-22(23)17-27(30)34/h13-20,29,36H,4-12H2,1-3H3,(H,37,38). The Morgan fingerprint density at radius 2 is 1.37 bits per heavy atom. The Morgan fingerprint density at radius 3 is 2.08 bits per heavy atom. The molecule has 38 heavy (non-hydrogen) atoms. The highest BCUT2D eigenvalue weighted by molar-refractivity contribution is 6.04. The number of benzene rings is 3. The summed E-state index contributed by atoms with van der Waals surface area (Å²) in [6, 6.07) is 14.2. The molecule has 1 amide bonds. The topological polar surface area (TPSA) is 41.1 Å². The first-order valence-corrected chi connectivity index (χ1v) is 14.0. The van der Waals surface area contributed by atoms with Gasteiger partial charge in [0.25, 0.3) is 5.91 Å².